The molecule has 12 heavy (non-hydrogen) atoms. The van der Waals surface area contributed by atoms with Crippen molar-refractivity contribution in [3.8, 4) is 0 Å². The lowest BCUT2D eigenvalue weighted by Gasteiger charge is -2.01. The van der Waals surface area contributed by atoms with Crippen LogP contribution in [0.2, 0.25) is 0 Å². The molecule has 0 saturated heterocycles. The number of sulfonamides is 1. The van der Waals surface area contributed by atoms with E-state index in [1.54, 1.807) is 0 Å². The van der Waals surface area contributed by atoms with Crippen molar-refractivity contribution in [2.45, 2.75) is 0 Å². The van der Waals surface area contributed by atoms with Crippen LogP contribution in [0.25, 0.3) is 0 Å². The Morgan fingerprint density at radius 3 is 2.75 bits per heavy atom. The average Bonchev–Trinajstić information content (AvgIpc) is 2.28. The SMILES string of the molecule is O=C1C=CC2=CNS(=O)(=O)C2=C1. The van der Waals surface area contributed by atoms with Crippen molar-refractivity contribution in [2.24, 2.45) is 0 Å². The van der Waals surface area contributed by atoms with Crippen molar-refractivity contribution in [2.75, 3.05) is 0 Å². The predicted molar refractivity (Wildman–Crippen MR) is 42.4 cm³/mol. The molecule has 1 heterocycles. The quantitative estimate of drug-likeness (QED) is 0.567. The molecular weight excluding hydrogens is 178 g/mol. The molecule has 0 fully saturated rings. The van der Waals surface area contributed by atoms with E-state index in [9.17, 15) is 13.2 Å². The molecule has 0 aromatic heterocycles. The van der Waals surface area contributed by atoms with Crippen LogP contribution in [0.4, 0.5) is 0 Å². The number of hydrogen-bond acceptors (Lipinski definition) is 3. The first-order valence-electron chi connectivity index (χ1n) is 3.26. The summed E-state index contributed by atoms with van der Waals surface area (Å²) in [5.74, 6) is -0.297. The van der Waals surface area contributed by atoms with Crippen molar-refractivity contribution in [1.82, 2.24) is 4.72 Å². The first-order chi connectivity index (χ1) is 5.59. The molecule has 5 heteroatoms. The number of rotatable bonds is 0. The van der Waals surface area contributed by atoms with Gasteiger partial charge in [-0.05, 0) is 12.2 Å². The fourth-order valence-electron chi connectivity index (χ4n) is 1.07. The molecule has 4 nitrogen and oxygen atoms in total. The Morgan fingerprint density at radius 2 is 2.00 bits per heavy atom. The molecule has 0 radical (unpaired) electrons. The predicted octanol–water partition coefficient (Wildman–Crippen LogP) is -0.174. The van der Waals surface area contributed by atoms with Gasteiger partial charge in [0.05, 0.1) is 4.91 Å². The molecule has 0 atom stereocenters. The van der Waals surface area contributed by atoms with Crippen LogP contribution < -0.4 is 4.72 Å². The van der Waals surface area contributed by atoms with E-state index in [-0.39, 0.29) is 10.7 Å². The van der Waals surface area contributed by atoms with Crippen LogP contribution in [0.15, 0.2) is 34.9 Å². The van der Waals surface area contributed by atoms with Crippen LogP contribution in [0.5, 0.6) is 0 Å². The van der Waals surface area contributed by atoms with E-state index in [2.05, 4.69) is 4.72 Å². The highest BCUT2D eigenvalue weighted by Gasteiger charge is 2.27. The van der Waals surface area contributed by atoms with Gasteiger partial charge in [0.1, 0.15) is 0 Å². The third-order valence-electron chi connectivity index (χ3n) is 1.64. The number of ketones is 1. The Labute approximate surface area is 69.3 Å². The first-order valence-corrected chi connectivity index (χ1v) is 4.74. The summed E-state index contributed by atoms with van der Waals surface area (Å²) < 4.78 is 24.4. The van der Waals surface area contributed by atoms with Crippen LogP contribution in [-0.2, 0) is 14.8 Å². The van der Waals surface area contributed by atoms with Crippen LogP contribution in [0.3, 0.4) is 0 Å². The molecular formula is C7H5NO3S. The largest absolute Gasteiger partial charge is 0.290 e. The molecule has 62 valence electrons. The third-order valence-corrected chi connectivity index (χ3v) is 3.00. The maximum atomic E-state index is 11.1. The van der Waals surface area contributed by atoms with Crippen molar-refractivity contribution < 1.29 is 13.2 Å². The number of hydrogen-bond donors (Lipinski definition) is 1. The Bertz CT molecular complexity index is 439. The Kier molecular flexibility index (Phi) is 1.26. The van der Waals surface area contributed by atoms with Gasteiger partial charge in [0.25, 0.3) is 10.0 Å². The standard InChI is InChI=1S/C7H5NO3S/c9-6-2-1-5-4-8-12(10,11)7(5)3-6/h1-4,8H. The normalized spacial score (nSPS) is 24.2. The smallest absolute Gasteiger partial charge is 0.262 e. The lowest BCUT2D eigenvalue weighted by atomic mass is 10.1. The van der Waals surface area contributed by atoms with Gasteiger partial charge in [-0.1, -0.05) is 0 Å². The van der Waals surface area contributed by atoms with E-state index in [1.165, 1.54) is 18.4 Å². The van der Waals surface area contributed by atoms with E-state index in [1.807, 2.05) is 0 Å². The van der Waals surface area contributed by atoms with E-state index in [4.69, 9.17) is 0 Å². The lowest BCUT2D eigenvalue weighted by molar-refractivity contribution is -0.110. The zero-order valence-corrected chi connectivity index (χ0v) is 6.76. The number of fused-ring (bicyclic) bond motifs is 1. The van der Waals surface area contributed by atoms with Gasteiger partial charge in [-0.15, -0.1) is 0 Å². The van der Waals surface area contributed by atoms with Crippen LogP contribution >= 0.6 is 0 Å². The molecule has 2 rings (SSSR count). The average molecular weight is 183 g/mol. The van der Waals surface area contributed by atoms with Gasteiger partial charge in [-0.2, -0.15) is 0 Å². The second kappa shape index (κ2) is 2.07. The van der Waals surface area contributed by atoms with Gasteiger partial charge in [0, 0.05) is 17.8 Å². The van der Waals surface area contributed by atoms with Crippen molar-refractivity contribution in [1.29, 1.82) is 0 Å². The molecule has 0 unspecified atom stereocenters. The molecule has 1 aliphatic carbocycles. The summed E-state index contributed by atoms with van der Waals surface area (Å²) in [6.07, 6.45) is 5.29. The highest BCUT2D eigenvalue weighted by molar-refractivity contribution is 7.94. The van der Waals surface area contributed by atoms with Crippen LogP contribution in [0, 0.1) is 0 Å². The maximum absolute atomic E-state index is 11.1. The second-order valence-electron chi connectivity index (χ2n) is 2.47. The van der Waals surface area contributed by atoms with E-state index in [0.717, 1.165) is 6.08 Å². The monoisotopic (exact) mass is 183 g/mol. The third kappa shape index (κ3) is 0.902. The minimum atomic E-state index is -3.43. The summed E-state index contributed by atoms with van der Waals surface area (Å²) in [4.78, 5) is 10.9. The topological polar surface area (TPSA) is 63.2 Å². The highest BCUT2D eigenvalue weighted by atomic mass is 32.2. The molecule has 0 aromatic rings. The summed E-state index contributed by atoms with van der Waals surface area (Å²) in [6, 6.07) is 0. The fraction of sp³-hybridized carbons (Fsp3) is 0. The van der Waals surface area contributed by atoms with Crippen LogP contribution in [-0.4, -0.2) is 14.2 Å². The van der Waals surface area contributed by atoms with Gasteiger partial charge >= 0.3 is 0 Å². The van der Waals surface area contributed by atoms with Crippen molar-refractivity contribution in [3.05, 3.63) is 34.9 Å². The van der Waals surface area contributed by atoms with Crippen molar-refractivity contribution in [3.63, 3.8) is 0 Å². The number of nitrogens with one attached hydrogen (secondary N) is 1. The molecule has 1 N–H and O–H groups in total. The maximum Gasteiger partial charge on any atom is 0.262 e. The van der Waals surface area contributed by atoms with Gasteiger partial charge < -0.3 is 0 Å². The number of carbonyl (C=O) groups excluding carboxylic acids is 1. The summed E-state index contributed by atoms with van der Waals surface area (Å²) in [6.45, 7) is 0. The molecule has 0 spiro atoms. The Hall–Kier alpha value is -1.36. The minimum absolute atomic E-state index is 0.0648. The highest BCUT2D eigenvalue weighted by Crippen LogP contribution is 2.25. The van der Waals surface area contributed by atoms with Gasteiger partial charge in [-0.25, -0.2) is 8.42 Å². The molecule has 0 bridgehead atoms. The molecule has 0 aromatic carbocycles. The van der Waals surface area contributed by atoms with E-state index < -0.39 is 10.0 Å². The summed E-state index contributed by atoms with van der Waals surface area (Å²) in [5, 5.41) is 0. The Morgan fingerprint density at radius 1 is 1.25 bits per heavy atom. The molecule has 0 saturated carbocycles. The van der Waals surface area contributed by atoms with Crippen molar-refractivity contribution >= 4 is 15.8 Å². The van der Waals surface area contributed by atoms with E-state index >= 15 is 0 Å². The Balaban J connectivity index is 2.62. The molecule has 2 aliphatic rings. The minimum Gasteiger partial charge on any atom is -0.290 e. The second-order valence-corrected chi connectivity index (χ2v) is 4.15. The summed E-state index contributed by atoms with van der Waals surface area (Å²) in [7, 11) is -3.43. The molecule has 1 aliphatic heterocycles. The van der Waals surface area contributed by atoms with Crippen LogP contribution in [0.1, 0.15) is 0 Å². The van der Waals surface area contributed by atoms with E-state index in [0.29, 0.717) is 5.57 Å². The fourth-order valence-corrected chi connectivity index (χ4v) is 2.19. The summed E-state index contributed by atoms with van der Waals surface area (Å²) >= 11 is 0. The number of allylic oxidation sites excluding steroid dienone is 4. The molecule has 0 amide bonds. The number of carbonyl (C=O) groups is 1. The van der Waals surface area contributed by atoms with Gasteiger partial charge in [-0.3, -0.25) is 9.52 Å². The lowest BCUT2D eigenvalue weighted by Crippen LogP contribution is -2.14. The summed E-state index contributed by atoms with van der Waals surface area (Å²) in [5.41, 5.74) is 0.537. The zero-order chi connectivity index (χ0) is 8.77. The van der Waals surface area contributed by atoms with Gasteiger partial charge in [0.15, 0.2) is 5.78 Å². The zero-order valence-electron chi connectivity index (χ0n) is 5.94. The van der Waals surface area contributed by atoms with Gasteiger partial charge in [0.2, 0.25) is 0 Å². The first kappa shape index (κ1) is 7.30.